The molecule has 0 heterocycles. The van der Waals surface area contributed by atoms with Crippen LogP contribution in [0, 0.1) is 5.41 Å². The number of hydrogen-bond acceptors (Lipinski definition) is 3. The van der Waals surface area contributed by atoms with Crippen molar-refractivity contribution >= 4 is 0 Å². The van der Waals surface area contributed by atoms with Crippen LogP contribution in [0.5, 0.6) is 0 Å². The average Bonchev–Trinajstić information content (AvgIpc) is 2.24. The van der Waals surface area contributed by atoms with Crippen molar-refractivity contribution in [1.82, 2.24) is 4.90 Å². The van der Waals surface area contributed by atoms with Gasteiger partial charge in [-0.05, 0) is 37.8 Å². The fourth-order valence-corrected chi connectivity index (χ4v) is 1.35. The van der Waals surface area contributed by atoms with E-state index in [-0.39, 0.29) is 0 Å². The topological polar surface area (TPSA) is 55.3 Å². The number of allylic oxidation sites excluding steroid dienone is 4. The number of rotatable bonds is 5. The third kappa shape index (κ3) is 7.82. The lowest BCUT2D eigenvalue weighted by molar-refractivity contribution is 0.302. The Morgan fingerprint density at radius 3 is 2.11 bits per heavy atom. The van der Waals surface area contributed by atoms with Gasteiger partial charge in [0.25, 0.3) is 0 Å². The lowest BCUT2D eigenvalue weighted by atomic mass is 9.92. The first-order chi connectivity index (χ1) is 8.15. The van der Waals surface area contributed by atoms with Crippen LogP contribution >= 0.6 is 0 Å². The van der Waals surface area contributed by atoms with Crippen molar-refractivity contribution in [2.75, 3.05) is 13.6 Å². The van der Waals surface area contributed by atoms with E-state index in [0.717, 1.165) is 18.7 Å². The van der Waals surface area contributed by atoms with Crippen LogP contribution < -0.4 is 11.5 Å². The van der Waals surface area contributed by atoms with Gasteiger partial charge in [0.1, 0.15) is 0 Å². The molecule has 0 unspecified atom stereocenters. The highest BCUT2D eigenvalue weighted by Crippen LogP contribution is 2.19. The summed E-state index contributed by atoms with van der Waals surface area (Å²) in [5.41, 5.74) is 14.5. The highest BCUT2D eigenvalue weighted by molar-refractivity contribution is 5.27. The van der Waals surface area contributed by atoms with E-state index in [1.54, 1.807) is 6.08 Å². The molecule has 0 aromatic carbocycles. The minimum Gasteiger partial charge on any atom is -0.399 e. The summed E-state index contributed by atoms with van der Waals surface area (Å²) in [6.45, 7) is 11.7. The maximum Gasteiger partial charge on any atom is 0.0351 e. The highest BCUT2D eigenvalue weighted by atomic mass is 15.1. The van der Waals surface area contributed by atoms with Gasteiger partial charge < -0.3 is 16.4 Å². The third-order valence-corrected chi connectivity index (χ3v) is 2.84. The first kappa shape index (κ1) is 16.6. The van der Waals surface area contributed by atoms with E-state index in [4.69, 9.17) is 11.5 Å². The second-order valence-electron chi connectivity index (χ2n) is 5.95. The van der Waals surface area contributed by atoms with Gasteiger partial charge in [-0.15, -0.1) is 0 Å². The van der Waals surface area contributed by atoms with E-state index in [1.807, 2.05) is 19.1 Å². The lowest BCUT2D eigenvalue weighted by Crippen LogP contribution is -2.22. The Bertz CT molecular complexity index is 343. The molecule has 0 spiro atoms. The van der Waals surface area contributed by atoms with Gasteiger partial charge in [-0.3, -0.25) is 0 Å². The van der Waals surface area contributed by atoms with Crippen LogP contribution in [-0.4, -0.2) is 18.5 Å². The van der Waals surface area contributed by atoms with Crippen LogP contribution in [0.25, 0.3) is 0 Å². The largest absolute Gasteiger partial charge is 0.399 e. The SMILES string of the molecule is C\C=C(N)/C=C(N)\C=C(/C)N(C)CCC(C)(C)C. The molecular formula is C15H29N3. The van der Waals surface area contributed by atoms with E-state index in [2.05, 4.69) is 39.6 Å². The van der Waals surface area contributed by atoms with Crippen LogP contribution in [-0.2, 0) is 0 Å². The van der Waals surface area contributed by atoms with Crippen LogP contribution in [0.4, 0.5) is 0 Å². The summed E-state index contributed by atoms with van der Waals surface area (Å²) in [5, 5.41) is 0. The molecule has 0 aromatic rings. The highest BCUT2D eigenvalue weighted by Gasteiger charge is 2.11. The number of hydrogen-bond donors (Lipinski definition) is 2. The van der Waals surface area contributed by atoms with Crippen LogP contribution in [0.2, 0.25) is 0 Å². The van der Waals surface area contributed by atoms with Crippen molar-refractivity contribution < 1.29 is 0 Å². The zero-order valence-electron chi connectivity index (χ0n) is 12.7. The molecule has 0 aliphatic carbocycles. The normalized spacial score (nSPS) is 14.9. The molecule has 0 bridgehead atoms. The Morgan fingerprint density at radius 1 is 1.11 bits per heavy atom. The fraction of sp³-hybridized carbons (Fsp3) is 0.600. The van der Waals surface area contributed by atoms with Gasteiger partial charge in [0.05, 0.1) is 0 Å². The van der Waals surface area contributed by atoms with Crippen molar-refractivity contribution in [3.05, 3.63) is 35.3 Å². The van der Waals surface area contributed by atoms with Crippen LogP contribution in [0.3, 0.4) is 0 Å². The summed E-state index contributed by atoms with van der Waals surface area (Å²) in [6.07, 6.45) is 6.72. The second kappa shape index (κ2) is 7.14. The molecule has 3 heteroatoms. The monoisotopic (exact) mass is 251 g/mol. The van der Waals surface area contributed by atoms with Crippen LogP contribution in [0.1, 0.15) is 41.0 Å². The molecule has 0 saturated carbocycles. The van der Waals surface area contributed by atoms with E-state index in [9.17, 15) is 0 Å². The maximum atomic E-state index is 5.91. The smallest absolute Gasteiger partial charge is 0.0351 e. The lowest BCUT2D eigenvalue weighted by Gasteiger charge is -2.25. The van der Waals surface area contributed by atoms with E-state index in [0.29, 0.717) is 16.8 Å². The van der Waals surface area contributed by atoms with Gasteiger partial charge in [-0.2, -0.15) is 0 Å². The standard InChI is InChI=1S/C15H29N3/c1-7-13(16)11-14(17)10-12(2)18(6)9-8-15(3,4)5/h7,10-11H,8-9,16-17H2,1-6H3/b12-10+,13-7+,14-11+. The van der Waals surface area contributed by atoms with Crippen LogP contribution in [0.15, 0.2) is 35.3 Å². The molecule has 0 aromatic heterocycles. The maximum absolute atomic E-state index is 5.91. The zero-order valence-corrected chi connectivity index (χ0v) is 12.7. The first-order valence-corrected chi connectivity index (χ1v) is 6.44. The van der Waals surface area contributed by atoms with E-state index >= 15 is 0 Å². The summed E-state index contributed by atoms with van der Waals surface area (Å²) >= 11 is 0. The summed E-state index contributed by atoms with van der Waals surface area (Å²) in [5.74, 6) is 0. The van der Waals surface area contributed by atoms with E-state index < -0.39 is 0 Å². The van der Waals surface area contributed by atoms with Crippen molar-refractivity contribution in [3.63, 3.8) is 0 Å². The first-order valence-electron chi connectivity index (χ1n) is 6.44. The molecule has 4 N–H and O–H groups in total. The third-order valence-electron chi connectivity index (χ3n) is 2.84. The molecule has 104 valence electrons. The van der Waals surface area contributed by atoms with Gasteiger partial charge in [0, 0.05) is 30.7 Å². The Hall–Kier alpha value is -1.38. The quantitative estimate of drug-likeness (QED) is 0.739. The van der Waals surface area contributed by atoms with Gasteiger partial charge in [-0.25, -0.2) is 0 Å². The Kier molecular flexibility index (Phi) is 6.60. The second-order valence-corrected chi connectivity index (χ2v) is 5.95. The summed E-state index contributed by atoms with van der Waals surface area (Å²) in [4.78, 5) is 2.22. The van der Waals surface area contributed by atoms with Gasteiger partial charge in [-0.1, -0.05) is 26.8 Å². The van der Waals surface area contributed by atoms with Crippen molar-refractivity contribution in [2.24, 2.45) is 16.9 Å². The minimum atomic E-state index is 0.352. The summed E-state index contributed by atoms with van der Waals surface area (Å²) in [7, 11) is 2.09. The number of nitrogens with two attached hydrogens (primary N) is 2. The van der Waals surface area contributed by atoms with Gasteiger partial charge in [0.15, 0.2) is 0 Å². The average molecular weight is 251 g/mol. The number of nitrogens with zero attached hydrogens (tertiary/aromatic N) is 1. The van der Waals surface area contributed by atoms with Crippen molar-refractivity contribution in [2.45, 2.75) is 41.0 Å². The van der Waals surface area contributed by atoms with Crippen molar-refractivity contribution in [1.29, 1.82) is 0 Å². The molecular weight excluding hydrogens is 222 g/mol. The minimum absolute atomic E-state index is 0.352. The molecule has 0 saturated heterocycles. The van der Waals surface area contributed by atoms with Crippen molar-refractivity contribution in [3.8, 4) is 0 Å². The molecule has 0 aliphatic rings. The molecule has 0 atom stereocenters. The Labute approximate surface area is 112 Å². The fourth-order valence-electron chi connectivity index (χ4n) is 1.35. The van der Waals surface area contributed by atoms with Gasteiger partial charge in [0.2, 0.25) is 0 Å². The molecule has 18 heavy (non-hydrogen) atoms. The molecule has 0 rings (SSSR count). The molecule has 0 aliphatic heterocycles. The molecule has 0 fully saturated rings. The predicted molar refractivity (Wildman–Crippen MR) is 80.7 cm³/mol. The molecule has 3 nitrogen and oxygen atoms in total. The van der Waals surface area contributed by atoms with E-state index in [1.165, 1.54) is 0 Å². The summed E-state index contributed by atoms with van der Waals surface area (Å²) in [6, 6.07) is 0. The zero-order chi connectivity index (χ0) is 14.3. The molecule has 0 radical (unpaired) electrons. The summed E-state index contributed by atoms with van der Waals surface area (Å²) < 4.78 is 0. The Morgan fingerprint density at radius 2 is 1.67 bits per heavy atom. The predicted octanol–water partition coefficient (Wildman–Crippen LogP) is 2.96. The Balaban J connectivity index is 4.54. The molecule has 0 amide bonds. The van der Waals surface area contributed by atoms with Gasteiger partial charge >= 0.3 is 0 Å².